The number of rotatable bonds is 3. The second-order valence-electron chi connectivity index (χ2n) is 4.81. The summed E-state index contributed by atoms with van der Waals surface area (Å²) in [6.07, 6.45) is 4.36. The van der Waals surface area contributed by atoms with E-state index in [9.17, 15) is 5.11 Å². The summed E-state index contributed by atoms with van der Waals surface area (Å²) in [5, 5.41) is 13.8. The molecule has 2 aromatic heterocycles. The third-order valence-electron chi connectivity index (χ3n) is 3.41. The molecule has 3 rings (SSSR count). The summed E-state index contributed by atoms with van der Waals surface area (Å²) in [5.74, 6) is 1.13. The lowest BCUT2D eigenvalue weighted by Crippen LogP contribution is -1.90. The molecule has 0 unspecified atom stereocenters. The number of aromatic nitrogens is 3. The Morgan fingerprint density at radius 2 is 2.10 bits per heavy atom. The van der Waals surface area contributed by atoms with Crippen molar-refractivity contribution < 1.29 is 9.63 Å². The Balaban J connectivity index is 2.01. The molecule has 0 spiro atoms. The highest BCUT2D eigenvalue weighted by Crippen LogP contribution is 2.27. The SMILES string of the molecule is CCc1cnccc1-c1noc(-c2ccc(C)c(O)c2)n1. The van der Waals surface area contributed by atoms with E-state index in [1.807, 2.05) is 31.3 Å². The molecule has 0 aliphatic rings. The Bertz CT molecular complexity index is 781. The zero-order chi connectivity index (χ0) is 14.8. The zero-order valence-corrected chi connectivity index (χ0v) is 11.9. The Kier molecular flexibility index (Phi) is 3.39. The molecule has 2 heterocycles. The predicted molar refractivity (Wildman–Crippen MR) is 78.7 cm³/mol. The van der Waals surface area contributed by atoms with E-state index in [0.29, 0.717) is 17.3 Å². The molecule has 21 heavy (non-hydrogen) atoms. The van der Waals surface area contributed by atoms with Gasteiger partial charge in [-0.2, -0.15) is 4.98 Å². The van der Waals surface area contributed by atoms with Crippen LogP contribution >= 0.6 is 0 Å². The third kappa shape index (κ3) is 2.50. The van der Waals surface area contributed by atoms with E-state index in [0.717, 1.165) is 23.1 Å². The van der Waals surface area contributed by atoms with E-state index in [-0.39, 0.29) is 5.75 Å². The lowest BCUT2D eigenvalue weighted by Gasteiger charge is -2.01. The Morgan fingerprint density at radius 1 is 1.24 bits per heavy atom. The second kappa shape index (κ2) is 5.36. The largest absolute Gasteiger partial charge is 0.508 e. The van der Waals surface area contributed by atoms with Gasteiger partial charge in [-0.3, -0.25) is 4.98 Å². The second-order valence-corrected chi connectivity index (χ2v) is 4.81. The first kappa shape index (κ1) is 13.3. The number of nitrogens with zero attached hydrogens (tertiary/aromatic N) is 3. The van der Waals surface area contributed by atoms with Gasteiger partial charge < -0.3 is 9.63 Å². The smallest absolute Gasteiger partial charge is 0.258 e. The minimum Gasteiger partial charge on any atom is -0.508 e. The lowest BCUT2D eigenvalue weighted by molar-refractivity contribution is 0.431. The number of aryl methyl sites for hydroxylation is 2. The minimum atomic E-state index is 0.213. The minimum absolute atomic E-state index is 0.213. The maximum Gasteiger partial charge on any atom is 0.258 e. The molecule has 1 aromatic carbocycles. The first-order chi connectivity index (χ1) is 10.2. The maximum absolute atomic E-state index is 9.77. The summed E-state index contributed by atoms with van der Waals surface area (Å²) >= 11 is 0. The van der Waals surface area contributed by atoms with Gasteiger partial charge in [-0.25, -0.2) is 0 Å². The lowest BCUT2D eigenvalue weighted by atomic mass is 10.1. The highest BCUT2D eigenvalue weighted by molar-refractivity contribution is 5.63. The van der Waals surface area contributed by atoms with Crippen LogP contribution in [0.5, 0.6) is 5.75 Å². The van der Waals surface area contributed by atoms with Gasteiger partial charge in [0, 0.05) is 23.5 Å². The van der Waals surface area contributed by atoms with Crippen molar-refractivity contribution in [2.75, 3.05) is 0 Å². The van der Waals surface area contributed by atoms with Gasteiger partial charge in [-0.15, -0.1) is 0 Å². The Hall–Kier alpha value is -2.69. The van der Waals surface area contributed by atoms with Crippen LogP contribution in [0.25, 0.3) is 22.8 Å². The van der Waals surface area contributed by atoms with Crippen molar-refractivity contribution in [1.29, 1.82) is 0 Å². The molecule has 0 atom stereocenters. The van der Waals surface area contributed by atoms with Gasteiger partial charge >= 0.3 is 0 Å². The van der Waals surface area contributed by atoms with Crippen LogP contribution in [0.2, 0.25) is 0 Å². The van der Waals surface area contributed by atoms with E-state index < -0.39 is 0 Å². The van der Waals surface area contributed by atoms with Gasteiger partial charge in [0.15, 0.2) is 0 Å². The van der Waals surface area contributed by atoms with Crippen molar-refractivity contribution in [3.63, 3.8) is 0 Å². The summed E-state index contributed by atoms with van der Waals surface area (Å²) in [4.78, 5) is 8.52. The number of phenolic OH excluding ortho intramolecular Hbond substituents is 1. The van der Waals surface area contributed by atoms with Crippen molar-refractivity contribution >= 4 is 0 Å². The highest BCUT2D eigenvalue weighted by Gasteiger charge is 2.13. The number of phenols is 1. The molecular formula is C16H15N3O2. The molecule has 0 radical (unpaired) electrons. The van der Waals surface area contributed by atoms with E-state index >= 15 is 0 Å². The summed E-state index contributed by atoms with van der Waals surface area (Å²) < 4.78 is 5.31. The van der Waals surface area contributed by atoms with Crippen LogP contribution in [0.1, 0.15) is 18.1 Å². The van der Waals surface area contributed by atoms with Gasteiger partial charge in [0.2, 0.25) is 5.82 Å². The van der Waals surface area contributed by atoms with Crippen LogP contribution in [-0.2, 0) is 6.42 Å². The van der Waals surface area contributed by atoms with Gasteiger partial charge in [0.05, 0.1) is 0 Å². The molecule has 1 N–H and O–H groups in total. The number of hydrogen-bond donors (Lipinski definition) is 1. The Morgan fingerprint density at radius 3 is 2.86 bits per heavy atom. The third-order valence-corrected chi connectivity index (χ3v) is 3.41. The molecule has 0 amide bonds. The summed E-state index contributed by atoms with van der Waals surface area (Å²) in [5.41, 5.74) is 3.49. The molecule has 0 saturated carbocycles. The zero-order valence-electron chi connectivity index (χ0n) is 11.9. The molecule has 5 nitrogen and oxygen atoms in total. The standard InChI is InChI=1S/C16H15N3O2/c1-3-11-9-17-7-6-13(11)15-18-16(21-19-15)12-5-4-10(2)14(20)8-12/h4-9,20H,3H2,1-2H3. The van der Waals surface area contributed by atoms with Crippen molar-refractivity contribution in [3.05, 3.63) is 47.8 Å². The van der Waals surface area contributed by atoms with Crippen molar-refractivity contribution in [1.82, 2.24) is 15.1 Å². The molecule has 3 aromatic rings. The van der Waals surface area contributed by atoms with Gasteiger partial charge in [0.25, 0.3) is 5.89 Å². The maximum atomic E-state index is 9.77. The quantitative estimate of drug-likeness (QED) is 0.796. The van der Waals surface area contributed by atoms with Gasteiger partial charge in [-0.05, 0) is 42.7 Å². The average molecular weight is 281 g/mol. The highest BCUT2D eigenvalue weighted by atomic mass is 16.5. The van der Waals surface area contributed by atoms with Crippen LogP contribution in [-0.4, -0.2) is 20.2 Å². The molecule has 0 saturated heterocycles. The molecule has 0 bridgehead atoms. The molecule has 0 aliphatic heterocycles. The van der Waals surface area contributed by atoms with Gasteiger partial charge in [0.1, 0.15) is 5.75 Å². The van der Waals surface area contributed by atoms with Crippen LogP contribution in [0.4, 0.5) is 0 Å². The fraction of sp³-hybridized carbons (Fsp3) is 0.188. The summed E-state index contributed by atoms with van der Waals surface area (Å²) in [7, 11) is 0. The monoisotopic (exact) mass is 281 g/mol. The average Bonchev–Trinajstić information content (AvgIpc) is 2.99. The first-order valence-electron chi connectivity index (χ1n) is 6.76. The number of benzene rings is 1. The van der Waals surface area contributed by atoms with Crippen molar-refractivity contribution in [3.8, 4) is 28.6 Å². The van der Waals surface area contributed by atoms with Crippen LogP contribution in [0.3, 0.4) is 0 Å². The molecule has 106 valence electrons. The Labute approximate surface area is 122 Å². The number of hydrogen-bond acceptors (Lipinski definition) is 5. The summed E-state index contributed by atoms with van der Waals surface area (Å²) in [6, 6.07) is 7.16. The van der Waals surface area contributed by atoms with Crippen molar-refractivity contribution in [2.45, 2.75) is 20.3 Å². The molecule has 0 fully saturated rings. The van der Waals surface area contributed by atoms with Gasteiger partial charge in [-0.1, -0.05) is 18.1 Å². The van der Waals surface area contributed by atoms with Crippen molar-refractivity contribution in [2.24, 2.45) is 0 Å². The molecular weight excluding hydrogens is 266 g/mol. The predicted octanol–water partition coefficient (Wildman–Crippen LogP) is 3.38. The number of aromatic hydroxyl groups is 1. The number of pyridine rings is 1. The fourth-order valence-electron chi connectivity index (χ4n) is 2.12. The van der Waals surface area contributed by atoms with Crippen LogP contribution in [0, 0.1) is 6.92 Å². The van der Waals surface area contributed by atoms with E-state index in [2.05, 4.69) is 22.0 Å². The normalized spacial score (nSPS) is 10.8. The topological polar surface area (TPSA) is 72.0 Å². The molecule has 0 aliphatic carbocycles. The molecule has 5 heteroatoms. The van der Waals surface area contributed by atoms with E-state index in [1.165, 1.54) is 0 Å². The van der Waals surface area contributed by atoms with E-state index in [4.69, 9.17) is 4.52 Å². The van der Waals surface area contributed by atoms with E-state index in [1.54, 1.807) is 12.3 Å². The summed E-state index contributed by atoms with van der Waals surface area (Å²) in [6.45, 7) is 3.89. The van der Waals surface area contributed by atoms with Crippen LogP contribution < -0.4 is 0 Å². The van der Waals surface area contributed by atoms with Crippen LogP contribution in [0.15, 0.2) is 41.2 Å². The fourth-order valence-corrected chi connectivity index (χ4v) is 2.12. The first-order valence-corrected chi connectivity index (χ1v) is 6.76.